The lowest BCUT2D eigenvalue weighted by molar-refractivity contribution is 0.0944. The van der Waals surface area contributed by atoms with E-state index in [9.17, 15) is 4.79 Å². The van der Waals surface area contributed by atoms with Crippen LogP contribution in [0, 0.1) is 0 Å². The molecular formula is C15H17N3O2. The van der Waals surface area contributed by atoms with Gasteiger partial charge in [-0.1, -0.05) is 35.5 Å². The lowest BCUT2D eigenvalue weighted by Crippen LogP contribution is -2.29. The molecule has 0 unspecified atom stereocenters. The van der Waals surface area contributed by atoms with Crippen LogP contribution in [0.15, 0.2) is 34.9 Å². The van der Waals surface area contributed by atoms with Gasteiger partial charge in [0.1, 0.15) is 5.76 Å². The molecule has 5 nitrogen and oxygen atoms in total. The second kappa shape index (κ2) is 5.88. The molecule has 1 amide bonds. The minimum Gasteiger partial charge on any atom is -0.360 e. The van der Waals surface area contributed by atoms with Gasteiger partial charge in [-0.15, -0.1) is 0 Å². The van der Waals surface area contributed by atoms with Crippen molar-refractivity contribution >= 4 is 5.91 Å². The average Bonchev–Trinajstić information content (AvgIpc) is 2.92. The molecule has 104 valence electrons. The fraction of sp³-hybridized carbons (Fsp3) is 0.333. The lowest BCUT2D eigenvalue weighted by atomic mass is 10.1. The van der Waals surface area contributed by atoms with Gasteiger partial charge in [0.15, 0.2) is 5.69 Å². The Morgan fingerprint density at radius 1 is 1.35 bits per heavy atom. The van der Waals surface area contributed by atoms with E-state index < -0.39 is 0 Å². The lowest BCUT2D eigenvalue weighted by Gasteiger charge is -2.11. The maximum Gasteiger partial charge on any atom is 0.273 e. The fourth-order valence-corrected chi connectivity index (χ4v) is 2.36. The highest BCUT2D eigenvalue weighted by Crippen LogP contribution is 2.17. The Labute approximate surface area is 117 Å². The van der Waals surface area contributed by atoms with Gasteiger partial charge in [0, 0.05) is 31.6 Å². The van der Waals surface area contributed by atoms with Crippen molar-refractivity contribution in [1.29, 1.82) is 0 Å². The highest BCUT2D eigenvalue weighted by molar-refractivity contribution is 5.93. The molecule has 2 N–H and O–H groups in total. The highest BCUT2D eigenvalue weighted by atomic mass is 16.5. The van der Waals surface area contributed by atoms with Crippen molar-refractivity contribution in [2.75, 3.05) is 13.1 Å². The summed E-state index contributed by atoms with van der Waals surface area (Å²) in [5, 5.41) is 10.0. The van der Waals surface area contributed by atoms with Crippen LogP contribution in [0.1, 0.15) is 27.4 Å². The van der Waals surface area contributed by atoms with Crippen LogP contribution in [-0.4, -0.2) is 24.2 Å². The van der Waals surface area contributed by atoms with Crippen LogP contribution in [0.2, 0.25) is 0 Å². The Balaban J connectivity index is 1.58. The highest BCUT2D eigenvalue weighted by Gasteiger charge is 2.23. The number of rotatable bonds is 4. The first-order valence-electron chi connectivity index (χ1n) is 6.85. The summed E-state index contributed by atoms with van der Waals surface area (Å²) in [5.74, 6) is 0.673. The van der Waals surface area contributed by atoms with Crippen molar-refractivity contribution in [3.63, 3.8) is 0 Å². The molecule has 1 aromatic carbocycles. The Morgan fingerprint density at radius 2 is 2.20 bits per heavy atom. The molecular weight excluding hydrogens is 254 g/mol. The number of amides is 1. The van der Waals surface area contributed by atoms with Crippen LogP contribution in [0.3, 0.4) is 0 Å². The minimum absolute atomic E-state index is 0.158. The Morgan fingerprint density at radius 3 is 3.05 bits per heavy atom. The fourth-order valence-electron chi connectivity index (χ4n) is 2.36. The topological polar surface area (TPSA) is 67.2 Å². The Hall–Kier alpha value is -2.14. The predicted octanol–water partition coefficient (Wildman–Crippen LogP) is 1.29. The van der Waals surface area contributed by atoms with Crippen LogP contribution >= 0.6 is 0 Å². The molecule has 2 heterocycles. The first-order chi connectivity index (χ1) is 9.84. The Bertz CT molecular complexity index is 592. The number of hydrogen-bond acceptors (Lipinski definition) is 4. The number of nitrogens with one attached hydrogen (secondary N) is 2. The van der Waals surface area contributed by atoms with Crippen molar-refractivity contribution < 1.29 is 9.32 Å². The molecule has 0 radical (unpaired) electrons. The van der Waals surface area contributed by atoms with Crippen molar-refractivity contribution in [2.45, 2.75) is 19.4 Å². The van der Waals surface area contributed by atoms with E-state index in [1.54, 1.807) is 0 Å². The van der Waals surface area contributed by atoms with E-state index in [4.69, 9.17) is 4.52 Å². The first-order valence-corrected chi connectivity index (χ1v) is 6.85. The van der Waals surface area contributed by atoms with Gasteiger partial charge in [-0.2, -0.15) is 0 Å². The summed E-state index contributed by atoms with van der Waals surface area (Å²) >= 11 is 0. The van der Waals surface area contributed by atoms with E-state index in [-0.39, 0.29) is 5.91 Å². The molecule has 0 atom stereocenters. The van der Waals surface area contributed by atoms with Gasteiger partial charge in [-0.3, -0.25) is 4.79 Å². The molecule has 0 bridgehead atoms. The number of carbonyl (C=O) groups is 1. The monoisotopic (exact) mass is 271 g/mol. The number of fused-ring (bicyclic) bond motifs is 1. The van der Waals surface area contributed by atoms with E-state index in [1.807, 2.05) is 30.3 Å². The first kappa shape index (κ1) is 12.9. The molecule has 0 saturated carbocycles. The smallest absolute Gasteiger partial charge is 0.273 e. The van der Waals surface area contributed by atoms with Gasteiger partial charge in [0.25, 0.3) is 5.91 Å². The summed E-state index contributed by atoms with van der Waals surface area (Å²) in [6.45, 7) is 2.12. The number of carbonyl (C=O) groups excluding carboxylic acids is 1. The number of hydrogen-bond donors (Lipinski definition) is 2. The molecule has 0 aliphatic carbocycles. The van der Waals surface area contributed by atoms with Gasteiger partial charge < -0.3 is 15.2 Å². The normalized spacial score (nSPS) is 13.8. The second-order valence-corrected chi connectivity index (χ2v) is 4.85. The van der Waals surface area contributed by atoms with Gasteiger partial charge >= 0.3 is 0 Å². The van der Waals surface area contributed by atoms with E-state index in [0.717, 1.165) is 30.7 Å². The zero-order chi connectivity index (χ0) is 13.8. The summed E-state index contributed by atoms with van der Waals surface area (Å²) in [4.78, 5) is 12.1. The largest absolute Gasteiger partial charge is 0.360 e. The molecule has 0 spiro atoms. The summed E-state index contributed by atoms with van der Waals surface area (Å²) in [6.07, 6.45) is 1.60. The van der Waals surface area contributed by atoms with Crippen LogP contribution in [0.5, 0.6) is 0 Å². The maximum atomic E-state index is 12.1. The second-order valence-electron chi connectivity index (χ2n) is 4.85. The molecule has 1 aliphatic rings. The minimum atomic E-state index is -0.158. The van der Waals surface area contributed by atoms with Gasteiger partial charge in [0.05, 0.1) is 0 Å². The average molecular weight is 271 g/mol. The van der Waals surface area contributed by atoms with E-state index in [1.165, 1.54) is 5.56 Å². The van der Waals surface area contributed by atoms with Crippen LogP contribution < -0.4 is 10.6 Å². The summed E-state index contributed by atoms with van der Waals surface area (Å²) in [5.41, 5.74) is 2.52. The van der Waals surface area contributed by atoms with Crippen LogP contribution in [-0.2, 0) is 19.4 Å². The van der Waals surface area contributed by atoms with Crippen molar-refractivity contribution in [3.8, 4) is 0 Å². The molecule has 5 heteroatoms. The molecule has 3 rings (SSSR count). The number of aromatic nitrogens is 1. The van der Waals surface area contributed by atoms with Crippen molar-refractivity contribution in [3.05, 3.63) is 52.9 Å². The predicted molar refractivity (Wildman–Crippen MR) is 74.4 cm³/mol. The third kappa shape index (κ3) is 2.72. The van der Waals surface area contributed by atoms with Gasteiger partial charge in [0.2, 0.25) is 0 Å². The quantitative estimate of drug-likeness (QED) is 0.879. The van der Waals surface area contributed by atoms with Crippen LogP contribution in [0.25, 0.3) is 0 Å². The summed E-state index contributed by atoms with van der Waals surface area (Å²) in [7, 11) is 0. The molecule has 0 saturated heterocycles. The summed E-state index contributed by atoms with van der Waals surface area (Å²) < 4.78 is 5.22. The molecule has 20 heavy (non-hydrogen) atoms. The van der Waals surface area contributed by atoms with E-state index >= 15 is 0 Å². The molecule has 0 fully saturated rings. The molecule has 1 aliphatic heterocycles. The molecule has 2 aromatic rings. The number of benzene rings is 1. The third-order valence-electron chi connectivity index (χ3n) is 3.46. The third-order valence-corrected chi connectivity index (χ3v) is 3.46. The maximum absolute atomic E-state index is 12.1. The van der Waals surface area contributed by atoms with Crippen molar-refractivity contribution in [1.82, 2.24) is 15.8 Å². The summed E-state index contributed by atoms with van der Waals surface area (Å²) in [6, 6.07) is 10.1. The van der Waals surface area contributed by atoms with E-state index in [2.05, 4.69) is 15.8 Å². The van der Waals surface area contributed by atoms with Crippen molar-refractivity contribution in [2.24, 2.45) is 0 Å². The zero-order valence-corrected chi connectivity index (χ0v) is 11.2. The van der Waals surface area contributed by atoms with Gasteiger partial charge in [-0.25, -0.2) is 0 Å². The standard InChI is InChI=1S/C15H17N3O2/c19-15(17-9-6-11-4-2-1-3-5-11)14-12-10-16-8-7-13(12)20-18-14/h1-5,16H,6-10H2,(H,17,19). The van der Waals surface area contributed by atoms with E-state index in [0.29, 0.717) is 18.8 Å². The van der Waals surface area contributed by atoms with Crippen LogP contribution in [0.4, 0.5) is 0 Å². The zero-order valence-electron chi connectivity index (χ0n) is 11.2. The number of nitrogens with zero attached hydrogens (tertiary/aromatic N) is 1. The molecule has 1 aromatic heterocycles. The SMILES string of the molecule is O=C(NCCc1ccccc1)c1noc2c1CNCC2. The van der Waals surface area contributed by atoms with Gasteiger partial charge in [-0.05, 0) is 12.0 Å². The Kier molecular flexibility index (Phi) is 3.78.